The van der Waals surface area contributed by atoms with Crippen LogP contribution in [0.1, 0.15) is 0 Å². The second kappa shape index (κ2) is 5.90. The monoisotopic (exact) mass is 335 g/mol. The van der Waals surface area contributed by atoms with E-state index in [2.05, 4.69) is 4.99 Å². The average Bonchev–Trinajstić information content (AvgIpc) is 2.14. The highest BCUT2D eigenvalue weighted by molar-refractivity contribution is 5.57. The van der Waals surface area contributed by atoms with Gasteiger partial charge in [0, 0.05) is 12.1 Å². The van der Waals surface area contributed by atoms with Gasteiger partial charge < -0.3 is 24.0 Å². The second-order valence-electron chi connectivity index (χ2n) is 4.14. The van der Waals surface area contributed by atoms with Gasteiger partial charge in [-0.25, -0.2) is 4.99 Å². The minimum Gasteiger partial charge on any atom is -1.00 e. The predicted octanol–water partition coefficient (Wildman–Crippen LogP) is -1.04. The third-order valence-corrected chi connectivity index (χ3v) is 1.59. The van der Waals surface area contributed by atoms with Crippen LogP contribution in [0.25, 0.3) is 0 Å². The standard InChI is InChI=1S/C10H14N3O2.HI/c1-13(2,3)8-11-9-5-4-6-10(7-9)12(14)15;/h4-8H,1-3H3;1H/q+1;/p-1. The molecule has 6 heteroatoms. The molecule has 0 bridgehead atoms. The summed E-state index contributed by atoms with van der Waals surface area (Å²) in [7, 11) is 5.88. The lowest BCUT2D eigenvalue weighted by Crippen LogP contribution is -3.00. The molecule has 0 fully saturated rings. The van der Waals surface area contributed by atoms with Gasteiger partial charge in [-0.15, -0.1) is 0 Å². The molecule has 0 saturated heterocycles. The molecule has 0 N–H and O–H groups in total. The first-order chi connectivity index (χ1) is 6.88. The van der Waals surface area contributed by atoms with Gasteiger partial charge in [0.25, 0.3) is 5.69 Å². The number of benzene rings is 1. The lowest BCUT2D eigenvalue weighted by atomic mass is 10.3. The van der Waals surface area contributed by atoms with Crippen LogP contribution in [0.3, 0.4) is 0 Å². The Kier molecular flexibility index (Phi) is 5.52. The first-order valence-corrected chi connectivity index (χ1v) is 4.49. The fourth-order valence-corrected chi connectivity index (χ4v) is 0.927. The average molecular weight is 335 g/mol. The normalized spacial score (nSPS) is 11.2. The molecule has 16 heavy (non-hydrogen) atoms. The summed E-state index contributed by atoms with van der Waals surface area (Å²) in [5.74, 6) is 0. The molecule has 0 atom stereocenters. The fraction of sp³-hybridized carbons (Fsp3) is 0.300. The SMILES string of the molecule is C[N+](C)(C)C=Nc1cccc([N+](=O)[O-])c1.[I-]. The summed E-state index contributed by atoms with van der Waals surface area (Å²) in [5, 5.41) is 10.5. The zero-order valence-electron chi connectivity index (χ0n) is 9.42. The van der Waals surface area contributed by atoms with Crippen molar-refractivity contribution in [3.63, 3.8) is 0 Å². The maximum Gasteiger partial charge on any atom is 0.271 e. The molecule has 5 nitrogen and oxygen atoms in total. The van der Waals surface area contributed by atoms with Crippen molar-refractivity contribution in [1.82, 2.24) is 0 Å². The number of nitrogens with zero attached hydrogens (tertiary/aromatic N) is 3. The minimum absolute atomic E-state index is 0. The highest BCUT2D eigenvalue weighted by atomic mass is 127. The molecule has 1 rings (SSSR count). The van der Waals surface area contributed by atoms with E-state index in [0.717, 1.165) is 0 Å². The molecule has 1 aromatic rings. The van der Waals surface area contributed by atoms with Crippen LogP contribution in [0.2, 0.25) is 0 Å². The third kappa shape index (κ3) is 5.17. The zero-order chi connectivity index (χ0) is 11.5. The summed E-state index contributed by atoms with van der Waals surface area (Å²) in [5.41, 5.74) is 0.656. The van der Waals surface area contributed by atoms with E-state index < -0.39 is 4.92 Å². The van der Waals surface area contributed by atoms with Crippen molar-refractivity contribution in [2.75, 3.05) is 21.1 Å². The molecule has 1 aromatic carbocycles. The first kappa shape index (κ1) is 15.0. The lowest BCUT2D eigenvalue weighted by molar-refractivity contribution is -0.769. The van der Waals surface area contributed by atoms with Crippen LogP contribution in [-0.4, -0.2) is 36.9 Å². The molecule has 0 unspecified atom stereocenters. The number of non-ortho nitro benzene ring substituents is 1. The van der Waals surface area contributed by atoms with E-state index >= 15 is 0 Å². The maximum atomic E-state index is 10.5. The van der Waals surface area contributed by atoms with Crippen molar-refractivity contribution in [3.05, 3.63) is 34.4 Å². The number of nitro benzene ring substituents is 1. The van der Waals surface area contributed by atoms with Crippen molar-refractivity contribution in [1.29, 1.82) is 0 Å². The van der Waals surface area contributed by atoms with E-state index in [9.17, 15) is 10.1 Å². The molecule has 0 aromatic heterocycles. The van der Waals surface area contributed by atoms with Gasteiger partial charge in [0.2, 0.25) is 0 Å². The Labute approximate surface area is 112 Å². The smallest absolute Gasteiger partial charge is 0.271 e. The van der Waals surface area contributed by atoms with Crippen LogP contribution in [0, 0.1) is 10.1 Å². The molecule has 0 aliphatic carbocycles. The Bertz CT molecular complexity index is 399. The van der Waals surface area contributed by atoms with Crippen molar-refractivity contribution in [2.45, 2.75) is 0 Å². The number of hydrogen-bond acceptors (Lipinski definition) is 3. The van der Waals surface area contributed by atoms with E-state index in [1.165, 1.54) is 12.1 Å². The number of halogens is 1. The minimum atomic E-state index is -0.426. The molecule has 0 amide bonds. The predicted molar refractivity (Wildman–Crippen MR) is 59.3 cm³/mol. The summed E-state index contributed by atoms with van der Waals surface area (Å²) >= 11 is 0. The van der Waals surface area contributed by atoms with Crippen LogP contribution in [0.5, 0.6) is 0 Å². The molecular weight excluding hydrogens is 321 g/mol. The van der Waals surface area contributed by atoms with Gasteiger partial charge in [0.1, 0.15) is 0 Å². The molecule has 0 aliphatic rings. The lowest BCUT2D eigenvalue weighted by Gasteiger charge is -2.15. The van der Waals surface area contributed by atoms with E-state index in [0.29, 0.717) is 10.2 Å². The van der Waals surface area contributed by atoms with Gasteiger partial charge in [-0.1, -0.05) is 6.07 Å². The quantitative estimate of drug-likeness (QED) is 0.177. The van der Waals surface area contributed by atoms with Gasteiger partial charge in [0.05, 0.1) is 31.8 Å². The maximum absolute atomic E-state index is 10.5. The van der Waals surface area contributed by atoms with Gasteiger partial charge in [0.15, 0.2) is 6.34 Å². The van der Waals surface area contributed by atoms with Crippen LogP contribution in [0.15, 0.2) is 29.3 Å². The Balaban J connectivity index is 0.00000225. The van der Waals surface area contributed by atoms with Crippen LogP contribution in [-0.2, 0) is 0 Å². The molecule has 0 saturated carbocycles. The highest BCUT2D eigenvalue weighted by Crippen LogP contribution is 2.19. The molecule has 88 valence electrons. The van der Waals surface area contributed by atoms with Gasteiger partial charge in [-0.3, -0.25) is 14.6 Å². The summed E-state index contributed by atoms with van der Waals surface area (Å²) in [4.78, 5) is 14.2. The molecular formula is C10H14IN3O2. The number of quaternary nitrogens is 1. The topological polar surface area (TPSA) is 55.5 Å². The number of aliphatic imine (C=N–C) groups is 1. The Morgan fingerprint density at radius 3 is 2.50 bits per heavy atom. The van der Waals surface area contributed by atoms with E-state index in [1.54, 1.807) is 18.5 Å². The summed E-state index contributed by atoms with van der Waals surface area (Å²) in [6.07, 6.45) is 1.72. The summed E-state index contributed by atoms with van der Waals surface area (Å²) < 4.78 is 0.572. The second-order valence-corrected chi connectivity index (χ2v) is 4.14. The molecule has 0 heterocycles. The molecule has 0 spiro atoms. The van der Waals surface area contributed by atoms with Crippen molar-refractivity contribution in [2.24, 2.45) is 4.99 Å². The highest BCUT2D eigenvalue weighted by Gasteiger charge is 2.06. The van der Waals surface area contributed by atoms with Gasteiger partial charge in [-0.05, 0) is 6.07 Å². The Morgan fingerprint density at radius 2 is 2.00 bits per heavy atom. The number of nitro groups is 1. The molecule has 0 radical (unpaired) electrons. The van der Waals surface area contributed by atoms with Gasteiger partial charge >= 0.3 is 0 Å². The van der Waals surface area contributed by atoms with Crippen LogP contribution in [0.4, 0.5) is 11.4 Å². The van der Waals surface area contributed by atoms with Crippen molar-refractivity contribution < 1.29 is 33.4 Å². The largest absolute Gasteiger partial charge is 1.00 e. The fourth-order valence-electron chi connectivity index (χ4n) is 0.927. The first-order valence-electron chi connectivity index (χ1n) is 4.49. The van der Waals surface area contributed by atoms with Crippen molar-refractivity contribution >= 4 is 17.7 Å². The van der Waals surface area contributed by atoms with Crippen LogP contribution >= 0.6 is 0 Å². The number of hydrogen-bond donors (Lipinski definition) is 0. The number of rotatable bonds is 3. The van der Waals surface area contributed by atoms with Crippen molar-refractivity contribution in [3.8, 4) is 0 Å². The van der Waals surface area contributed by atoms with E-state index in [4.69, 9.17) is 0 Å². The molecule has 0 aliphatic heterocycles. The summed E-state index contributed by atoms with van der Waals surface area (Å²) in [6, 6.07) is 6.26. The zero-order valence-corrected chi connectivity index (χ0v) is 11.6. The third-order valence-electron chi connectivity index (χ3n) is 1.59. The Hall–Kier alpha value is -1.02. The van der Waals surface area contributed by atoms with E-state index in [-0.39, 0.29) is 29.7 Å². The van der Waals surface area contributed by atoms with E-state index in [1.807, 2.05) is 21.1 Å². The van der Waals surface area contributed by atoms with Gasteiger partial charge in [-0.2, -0.15) is 0 Å². The Morgan fingerprint density at radius 1 is 1.38 bits per heavy atom. The van der Waals surface area contributed by atoms with Crippen LogP contribution < -0.4 is 24.0 Å². The summed E-state index contributed by atoms with van der Waals surface area (Å²) in [6.45, 7) is 0.